The third-order valence-electron chi connectivity index (χ3n) is 2.92. The normalized spacial score (nSPS) is 11.2. The zero-order valence-corrected chi connectivity index (χ0v) is 12.8. The largest absolute Gasteiger partial charge is 0.217 e. The van der Waals surface area contributed by atoms with Gasteiger partial charge in [-0.05, 0) is 30.7 Å². The van der Waals surface area contributed by atoms with Crippen molar-refractivity contribution in [3.63, 3.8) is 0 Å². The quantitative estimate of drug-likeness (QED) is 0.592. The Balaban J connectivity index is 2.18. The van der Waals surface area contributed by atoms with Crippen LogP contribution in [0.1, 0.15) is 11.8 Å². The molecule has 2 aromatic heterocycles. The van der Waals surface area contributed by atoms with Gasteiger partial charge in [0.25, 0.3) is 0 Å². The highest BCUT2D eigenvalue weighted by Crippen LogP contribution is 2.32. The van der Waals surface area contributed by atoms with Gasteiger partial charge < -0.3 is 0 Å². The summed E-state index contributed by atoms with van der Waals surface area (Å²) in [6.45, 7) is 2.08. The molecule has 0 spiro atoms. The first-order valence-electron chi connectivity index (χ1n) is 6.00. The van der Waals surface area contributed by atoms with E-state index in [0.717, 1.165) is 16.6 Å². The summed E-state index contributed by atoms with van der Waals surface area (Å²) in [5.41, 5.74) is 0.645. The van der Waals surface area contributed by atoms with Crippen LogP contribution in [0.15, 0.2) is 24.3 Å². The van der Waals surface area contributed by atoms with E-state index < -0.39 is 5.82 Å². The summed E-state index contributed by atoms with van der Waals surface area (Å²) in [4.78, 5) is 10.8. The molecule has 2 nitrogen and oxygen atoms in total. The Kier molecular flexibility index (Phi) is 3.63. The van der Waals surface area contributed by atoms with Crippen molar-refractivity contribution in [2.24, 2.45) is 0 Å². The monoisotopic (exact) mass is 326 g/mol. The lowest BCUT2D eigenvalue weighted by atomic mass is 10.2. The average molecular weight is 327 g/mol. The first-order valence-corrected chi connectivity index (χ1v) is 7.57. The molecule has 102 valence electrons. The van der Waals surface area contributed by atoms with Crippen molar-refractivity contribution in [3.05, 3.63) is 45.1 Å². The number of fused-ring (bicyclic) bond motifs is 1. The van der Waals surface area contributed by atoms with Crippen LogP contribution in [-0.2, 0) is 6.42 Å². The average Bonchev–Trinajstić information content (AvgIpc) is 2.85. The second kappa shape index (κ2) is 5.28. The molecule has 0 amide bonds. The topological polar surface area (TPSA) is 25.8 Å². The van der Waals surface area contributed by atoms with Gasteiger partial charge in [-0.2, -0.15) is 0 Å². The third kappa shape index (κ3) is 2.39. The van der Waals surface area contributed by atoms with Crippen molar-refractivity contribution in [1.82, 2.24) is 9.97 Å². The molecule has 2 heterocycles. The number of aryl methyl sites for hydroxylation is 1. The SMILES string of the molecule is CCc1cc2c(Cl)nc(-c3ccc(F)c(Cl)c3)nc2s1. The minimum absolute atomic E-state index is 0.0442. The molecule has 0 aliphatic heterocycles. The van der Waals surface area contributed by atoms with Gasteiger partial charge in [0, 0.05) is 15.8 Å². The Bertz CT molecular complexity index is 801. The Morgan fingerprint density at radius 3 is 2.70 bits per heavy atom. The number of nitrogens with zero attached hydrogens (tertiary/aromatic N) is 2. The molecule has 0 saturated heterocycles. The maximum absolute atomic E-state index is 13.2. The summed E-state index contributed by atoms with van der Waals surface area (Å²) in [6.07, 6.45) is 0.926. The number of hydrogen-bond acceptors (Lipinski definition) is 3. The van der Waals surface area contributed by atoms with Crippen LogP contribution in [-0.4, -0.2) is 9.97 Å². The number of thiophene rings is 1. The summed E-state index contributed by atoms with van der Waals surface area (Å²) in [5, 5.41) is 1.30. The molecular weight excluding hydrogens is 318 g/mol. The first kappa shape index (κ1) is 13.7. The first-order chi connectivity index (χ1) is 9.58. The molecule has 0 fully saturated rings. The van der Waals surface area contributed by atoms with Gasteiger partial charge in [0.2, 0.25) is 0 Å². The van der Waals surface area contributed by atoms with E-state index in [0.29, 0.717) is 16.5 Å². The Morgan fingerprint density at radius 2 is 2.00 bits per heavy atom. The number of benzene rings is 1. The van der Waals surface area contributed by atoms with Crippen molar-refractivity contribution in [1.29, 1.82) is 0 Å². The maximum Gasteiger partial charge on any atom is 0.162 e. The second-order valence-corrected chi connectivity index (χ2v) is 6.13. The Morgan fingerprint density at radius 1 is 1.20 bits per heavy atom. The molecule has 0 unspecified atom stereocenters. The van der Waals surface area contributed by atoms with E-state index in [9.17, 15) is 4.39 Å². The van der Waals surface area contributed by atoms with E-state index in [1.54, 1.807) is 17.4 Å². The molecule has 3 rings (SSSR count). The molecule has 20 heavy (non-hydrogen) atoms. The predicted octanol–water partition coefficient (Wildman–Crippen LogP) is 5.37. The lowest BCUT2D eigenvalue weighted by Crippen LogP contribution is -1.90. The van der Waals surface area contributed by atoms with Crippen LogP contribution in [0.25, 0.3) is 21.6 Å². The van der Waals surface area contributed by atoms with Gasteiger partial charge in [0.05, 0.1) is 5.02 Å². The fourth-order valence-corrected chi connectivity index (χ4v) is 3.30. The zero-order valence-electron chi connectivity index (χ0n) is 10.5. The molecule has 0 saturated carbocycles. The number of hydrogen-bond donors (Lipinski definition) is 0. The lowest BCUT2D eigenvalue weighted by molar-refractivity contribution is 0.628. The van der Waals surface area contributed by atoms with Gasteiger partial charge in [-0.25, -0.2) is 14.4 Å². The molecule has 0 bridgehead atoms. The van der Waals surface area contributed by atoms with Crippen LogP contribution in [0.3, 0.4) is 0 Å². The van der Waals surface area contributed by atoms with Gasteiger partial charge >= 0.3 is 0 Å². The van der Waals surface area contributed by atoms with Gasteiger partial charge in [-0.3, -0.25) is 0 Å². The minimum Gasteiger partial charge on any atom is -0.217 e. The van der Waals surface area contributed by atoms with E-state index in [1.165, 1.54) is 17.0 Å². The molecule has 0 atom stereocenters. The van der Waals surface area contributed by atoms with Crippen molar-refractivity contribution in [2.45, 2.75) is 13.3 Å². The Labute approximate surface area is 129 Å². The summed E-state index contributed by atoms with van der Waals surface area (Å²) in [6, 6.07) is 6.39. The van der Waals surface area contributed by atoms with Crippen LogP contribution in [0, 0.1) is 5.82 Å². The molecule has 0 aliphatic rings. The molecule has 1 aromatic carbocycles. The van der Waals surface area contributed by atoms with Crippen molar-refractivity contribution >= 4 is 44.8 Å². The van der Waals surface area contributed by atoms with E-state index in [-0.39, 0.29) is 5.02 Å². The van der Waals surface area contributed by atoms with Crippen LogP contribution in [0.5, 0.6) is 0 Å². The summed E-state index contributed by atoms with van der Waals surface area (Å²) >= 11 is 13.6. The van der Waals surface area contributed by atoms with E-state index in [1.807, 2.05) is 6.07 Å². The van der Waals surface area contributed by atoms with Gasteiger partial charge in [-0.15, -0.1) is 11.3 Å². The highest BCUT2D eigenvalue weighted by Gasteiger charge is 2.12. The third-order valence-corrected chi connectivity index (χ3v) is 4.67. The number of aromatic nitrogens is 2. The van der Waals surface area contributed by atoms with Crippen molar-refractivity contribution in [2.75, 3.05) is 0 Å². The van der Waals surface area contributed by atoms with Gasteiger partial charge in [0.15, 0.2) is 5.82 Å². The molecule has 0 aliphatic carbocycles. The van der Waals surface area contributed by atoms with E-state index in [2.05, 4.69) is 16.9 Å². The zero-order chi connectivity index (χ0) is 14.3. The fraction of sp³-hybridized carbons (Fsp3) is 0.143. The van der Waals surface area contributed by atoms with Crippen molar-refractivity contribution < 1.29 is 4.39 Å². The molecular formula is C14H9Cl2FN2S. The van der Waals surface area contributed by atoms with E-state index in [4.69, 9.17) is 23.2 Å². The number of halogens is 3. The summed E-state index contributed by atoms with van der Waals surface area (Å²) in [7, 11) is 0. The smallest absolute Gasteiger partial charge is 0.162 e. The minimum atomic E-state index is -0.466. The van der Waals surface area contributed by atoms with Crippen LogP contribution in [0.4, 0.5) is 4.39 Å². The number of rotatable bonds is 2. The molecule has 6 heteroatoms. The summed E-state index contributed by atoms with van der Waals surface area (Å²) < 4.78 is 13.2. The molecule has 0 radical (unpaired) electrons. The van der Waals surface area contributed by atoms with Gasteiger partial charge in [-0.1, -0.05) is 30.1 Å². The molecule has 3 aromatic rings. The standard InChI is InChI=1S/C14H9Cl2FN2S/c1-2-8-6-9-12(16)18-13(19-14(9)20-8)7-3-4-11(17)10(15)5-7/h3-6H,2H2,1H3. The lowest BCUT2D eigenvalue weighted by Gasteiger charge is -2.02. The Hall–Kier alpha value is -1.23. The van der Waals surface area contributed by atoms with Crippen LogP contribution >= 0.6 is 34.5 Å². The van der Waals surface area contributed by atoms with Crippen molar-refractivity contribution in [3.8, 4) is 11.4 Å². The second-order valence-electron chi connectivity index (χ2n) is 4.25. The molecule has 0 N–H and O–H groups in total. The highest BCUT2D eigenvalue weighted by molar-refractivity contribution is 7.18. The predicted molar refractivity (Wildman–Crippen MR) is 82.2 cm³/mol. The fourth-order valence-electron chi connectivity index (χ4n) is 1.88. The van der Waals surface area contributed by atoms with Crippen LogP contribution in [0.2, 0.25) is 10.2 Å². The van der Waals surface area contributed by atoms with Crippen LogP contribution < -0.4 is 0 Å². The summed E-state index contributed by atoms with van der Waals surface area (Å²) in [5.74, 6) is -0.0131. The maximum atomic E-state index is 13.2. The van der Waals surface area contributed by atoms with E-state index >= 15 is 0 Å². The van der Waals surface area contributed by atoms with Gasteiger partial charge in [0.1, 0.15) is 15.8 Å². The highest BCUT2D eigenvalue weighted by atomic mass is 35.5.